The Hall–Kier alpha value is -3.11. The first-order valence-electron chi connectivity index (χ1n) is 10.4. The molecule has 32 heavy (non-hydrogen) atoms. The first-order valence-corrected chi connectivity index (χ1v) is 10.4. The van der Waals surface area contributed by atoms with Crippen LogP contribution < -0.4 is 10.2 Å². The Morgan fingerprint density at radius 1 is 1.16 bits per heavy atom. The predicted octanol–water partition coefficient (Wildman–Crippen LogP) is 2.40. The number of fused-ring (bicyclic) bond motifs is 1. The van der Waals surface area contributed by atoms with Crippen molar-refractivity contribution in [2.75, 3.05) is 31.6 Å². The third-order valence-corrected chi connectivity index (χ3v) is 4.61. The highest BCUT2D eigenvalue weighted by Crippen LogP contribution is 2.19. The van der Waals surface area contributed by atoms with Gasteiger partial charge in [-0.15, -0.1) is 0 Å². The average molecular weight is 450 g/mol. The second-order valence-electron chi connectivity index (χ2n) is 7.18. The molecule has 0 spiro atoms. The minimum Gasteiger partial charge on any atom is -0.396 e. The monoisotopic (exact) mass is 449 g/mol. The van der Waals surface area contributed by atoms with Crippen LogP contribution in [0.4, 0.5) is 14.6 Å². The van der Waals surface area contributed by atoms with Crippen molar-refractivity contribution < 1.29 is 23.8 Å². The molecule has 3 heterocycles. The summed E-state index contributed by atoms with van der Waals surface area (Å²) in [4.78, 5) is 18.5. The summed E-state index contributed by atoms with van der Waals surface area (Å²) in [6, 6.07) is 6.26. The second-order valence-corrected chi connectivity index (χ2v) is 7.18. The van der Waals surface area contributed by atoms with Crippen LogP contribution in [0.2, 0.25) is 0 Å². The molecule has 10 heteroatoms. The molecule has 174 valence electrons. The van der Waals surface area contributed by atoms with Gasteiger partial charge in [0.15, 0.2) is 5.65 Å². The third-order valence-electron chi connectivity index (χ3n) is 4.61. The van der Waals surface area contributed by atoms with Gasteiger partial charge < -0.3 is 20.4 Å². The van der Waals surface area contributed by atoms with Crippen molar-refractivity contribution in [3.05, 3.63) is 59.9 Å². The lowest BCUT2D eigenvalue weighted by atomic mass is 10.3. The van der Waals surface area contributed by atoms with E-state index >= 15 is 0 Å². The number of carbonyl (C=O) groups is 1. The summed E-state index contributed by atoms with van der Waals surface area (Å²) < 4.78 is 25.5. The molecular weight excluding hydrogens is 420 g/mol. The molecule has 1 aliphatic heterocycles. The van der Waals surface area contributed by atoms with E-state index in [1.165, 1.54) is 12.8 Å². The Balaban J connectivity index is 0.000000215. The highest BCUT2D eigenvalue weighted by atomic mass is 19.1. The quantitative estimate of drug-likeness (QED) is 0.565. The molecule has 2 aromatic heterocycles. The summed E-state index contributed by atoms with van der Waals surface area (Å²) in [7, 11) is 1.61. The number of nitrogens with one attached hydrogen (secondary N) is 1. The van der Waals surface area contributed by atoms with Gasteiger partial charge in [0.05, 0.1) is 12.3 Å². The van der Waals surface area contributed by atoms with Crippen molar-refractivity contribution in [1.29, 1.82) is 0 Å². The van der Waals surface area contributed by atoms with Gasteiger partial charge in [-0.25, -0.2) is 18.3 Å². The Morgan fingerprint density at radius 3 is 2.22 bits per heavy atom. The molecule has 0 bridgehead atoms. The first kappa shape index (κ1) is 25.2. The fourth-order valence-corrected chi connectivity index (χ4v) is 2.89. The lowest BCUT2D eigenvalue weighted by Crippen LogP contribution is -2.20. The van der Waals surface area contributed by atoms with Crippen LogP contribution in [0.1, 0.15) is 36.5 Å². The van der Waals surface area contributed by atoms with Gasteiger partial charge in [0.25, 0.3) is 5.91 Å². The number of nitrogens with zero attached hydrogens (tertiary/aromatic N) is 4. The van der Waals surface area contributed by atoms with Gasteiger partial charge in [-0.2, -0.15) is 5.10 Å². The molecule has 8 nitrogen and oxygen atoms in total. The largest absolute Gasteiger partial charge is 0.396 e. The number of anilines is 1. The molecule has 0 aliphatic carbocycles. The fraction of sp³-hybridized carbons (Fsp3) is 0.409. The van der Waals surface area contributed by atoms with Crippen LogP contribution in [0.3, 0.4) is 0 Å². The lowest BCUT2D eigenvalue weighted by Gasteiger charge is -2.15. The lowest BCUT2D eigenvalue weighted by molar-refractivity contribution is 0.0964. The van der Waals surface area contributed by atoms with Gasteiger partial charge in [-0.05, 0) is 56.5 Å². The number of aromatic nitrogens is 3. The van der Waals surface area contributed by atoms with Crippen molar-refractivity contribution in [1.82, 2.24) is 19.9 Å². The number of aliphatic hydroxyl groups is 2. The van der Waals surface area contributed by atoms with Crippen molar-refractivity contribution in [2.24, 2.45) is 0 Å². The standard InChI is InChI=1S/C12H15N5O.C6H4F2.C4H10O2/c1-13-12(18)9-8-14-17-7-4-10(15-11(9)17)16-5-2-3-6-16;7-5-1-2-6(8)4-3-5;1-4(6)2-3-5/h4,7-8H,2-3,5-6H2,1H3,(H,13,18);1-4H;4-6H,2-3H2,1H3. The van der Waals surface area contributed by atoms with Crippen LogP contribution in [-0.2, 0) is 0 Å². The topological polar surface area (TPSA) is 103 Å². The van der Waals surface area contributed by atoms with Crippen LogP contribution in [0.15, 0.2) is 42.7 Å². The van der Waals surface area contributed by atoms with E-state index in [-0.39, 0.29) is 18.6 Å². The third kappa shape index (κ3) is 7.54. The number of carbonyl (C=O) groups excluding carboxylic acids is 1. The summed E-state index contributed by atoms with van der Waals surface area (Å²) in [5.74, 6) is -0.0560. The van der Waals surface area contributed by atoms with Gasteiger partial charge >= 0.3 is 0 Å². The zero-order chi connectivity index (χ0) is 23.5. The van der Waals surface area contributed by atoms with Gasteiger partial charge in [0, 0.05) is 32.9 Å². The average Bonchev–Trinajstić information content (AvgIpc) is 3.46. The van der Waals surface area contributed by atoms with Crippen LogP contribution >= 0.6 is 0 Å². The number of hydrogen-bond donors (Lipinski definition) is 3. The maximum absolute atomic E-state index is 11.9. The van der Waals surface area contributed by atoms with Crippen molar-refractivity contribution in [3.8, 4) is 0 Å². The Labute approximate surface area is 185 Å². The van der Waals surface area contributed by atoms with E-state index in [0.717, 1.165) is 43.2 Å². The maximum Gasteiger partial charge on any atom is 0.256 e. The Kier molecular flexibility index (Phi) is 9.96. The van der Waals surface area contributed by atoms with E-state index in [2.05, 4.69) is 20.3 Å². The highest BCUT2D eigenvalue weighted by molar-refractivity contribution is 5.99. The molecule has 1 fully saturated rings. The Morgan fingerprint density at radius 2 is 1.75 bits per heavy atom. The molecular formula is C22H29F2N5O3. The van der Waals surface area contributed by atoms with Gasteiger partial charge in [0.1, 0.15) is 23.0 Å². The van der Waals surface area contributed by atoms with Gasteiger partial charge in [-0.3, -0.25) is 4.79 Å². The number of amides is 1. The van der Waals surface area contributed by atoms with Crippen LogP contribution in [-0.4, -0.2) is 63.6 Å². The van der Waals surface area contributed by atoms with Gasteiger partial charge in [-0.1, -0.05) is 0 Å². The molecule has 3 aromatic rings. The molecule has 4 rings (SSSR count). The van der Waals surface area contributed by atoms with Crippen molar-refractivity contribution in [2.45, 2.75) is 32.3 Å². The molecule has 3 N–H and O–H groups in total. The number of aliphatic hydroxyl groups excluding tert-OH is 2. The number of halogens is 2. The van der Waals surface area contributed by atoms with Crippen molar-refractivity contribution >= 4 is 17.4 Å². The number of rotatable bonds is 4. The van der Waals surface area contributed by atoms with E-state index < -0.39 is 11.6 Å². The number of hydrogen-bond acceptors (Lipinski definition) is 6. The SMILES string of the molecule is CC(O)CCO.CNC(=O)c1cnn2ccc(N3CCCC3)nc12.Fc1ccc(F)cc1. The molecule has 1 amide bonds. The second kappa shape index (κ2) is 12.7. The minimum absolute atomic E-state index is 0.0810. The van der Waals surface area contributed by atoms with Crippen LogP contribution in [0, 0.1) is 11.6 Å². The zero-order valence-electron chi connectivity index (χ0n) is 18.2. The Bertz CT molecular complexity index is 952. The number of benzene rings is 1. The van der Waals surface area contributed by atoms with E-state index in [9.17, 15) is 13.6 Å². The van der Waals surface area contributed by atoms with Crippen LogP contribution in [0.25, 0.3) is 5.65 Å². The first-order chi connectivity index (χ1) is 15.3. The van der Waals surface area contributed by atoms with E-state index in [4.69, 9.17) is 10.2 Å². The molecule has 0 saturated carbocycles. The van der Waals surface area contributed by atoms with E-state index in [1.807, 2.05) is 12.3 Å². The molecule has 1 aromatic carbocycles. The zero-order valence-corrected chi connectivity index (χ0v) is 18.2. The maximum atomic E-state index is 11.9. The van der Waals surface area contributed by atoms with Gasteiger partial charge in [0.2, 0.25) is 0 Å². The normalized spacial score (nSPS) is 13.6. The summed E-state index contributed by atoms with van der Waals surface area (Å²) in [6.45, 7) is 3.80. The molecule has 1 aliphatic rings. The summed E-state index contributed by atoms with van der Waals surface area (Å²) >= 11 is 0. The summed E-state index contributed by atoms with van der Waals surface area (Å²) in [5.41, 5.74) is 1.12. The fourth-order valence-electron chi connectivity index (χ4n) is 2.89. The van der Waals surface area contributed by atoms with E-state index in [0.29, 0.717) is 17.6 Å². The molecule has 1 atom stereocenters. The highest BCUT2D eigenvalue weighted by Gasteiger charge is 2.17. The minimum atomic E-state index is -0.411. The summed E-state index contributed by atoms with van der Waals surface area (Å²) in [6.07, 6.45) is 5.94. The van der Waals surface area contributed by atoms with Crippen molar-refractivity contribution in [3.63, 3.8) is 0 Å². The molecule has 0 radical (unpaired) electrons. The summed E-state index contributed by atoms with van der Waals surface area (Å²) in [5, 5.41) is 23.2. The predicted molar refractivity (Wildman–Crippen MR) is 118 cm³/mol. The molecule has 1 saturated heterocycles. The molecule has 1 unspecified atom stereocenters. The smallest absolute Gasteiger partial charge is 0.256 e. The van der Waals surface area contributed by atoms with Crippen LogP contribution in [0.5, 0.6) is 0 Å². The van der Waals surface area contributed by atoms with E-state index in [1.54, 1.807) is 24.7 Å².